The molecule has 0 unspecified atom stereocenters. The number of aromatic nitrogens is 4. The molecule has 0 saturated carbocycles. The minimum atomic E-state index is 0.268. The number of benzene rings is 1. The monoisotopic (exact) mass is 439 g/mol. The molecule has 5 rings (SSSR count). The maximum absolute atomic E-state index is 6.22. The molecular formula is C22H26ClN7O. The Hall–Kier alpha value is -2.84. The van der Waals surface area contributed by atoms with Gasteiger partial charge in [0.2, 0.25) is 11.9 Å². The van der Waals surface area contributed by atoms with E-state index in [1.165, 1.54) is 5.56 Å². The fourth-order valence-electron chi connectivity index (χ4n) is 4.58. The molecule has 0 aliphatic carbocycles. The molecule has 1 saturated heterocycles. The molecule has 0 amide bonds. The number of anilines is 2. The molecule has 4 heterocycles. The van der Waals surface area contributed by atoms with Crippen LogP contribution in [-0.2, 0) is 13.0 Å². The van der Waals surface area contributed by atoms with Gasteiger partial charge in [-0.1, -0.05) is 23.7 Å². The molecule has 2 aromatic heterocycles. The number of nitrogen functional groups attached to an aromatic ring is 1. The Morgan fingerprint density at radius 2 is 1.97 bits per heavy atom. The van der Waals surface area contributed by atoms with Crippen LogP contribution < -0.4 is 15.4 Å². The third-order valence-electron chi connectivity index (χ3n) is 6.20. The summed E-state index contributed by atoms with van der Waals surface area (Å²) in [6, 6.07) is 10.8. The van der Waals surface area contributed by atoms with Gasteiger partial charge in [-0.15, -0.1) is 5.10 Å². The summed E-state index contributed by atoms with van der Waals surface area (Å²) in [4.78, 5) is 13.4. The number of pyridine rings is 1. The van der Waals surface area contributed by atoms with Crippen molar-refractivity contribution in [3.63, 3.8) is 0 Å². The van der Waals surface area contributed by atoms with Gasteiger partial charge in [0.05, 0.1) is 0 Å². The van der Waals surface area contributed by atoms with Gasteiger partial charge in [0, 0.05) is 54.7 Å². The van der Waals surface area contributed by atoms with Crippen molar-refractivity contribution < 1.29 is 4.74 Å². The van der Waals surface area contributed by atoms with E-state index < -0.39 is 0 Å². The van der Waals surface area contributed by atoms with Gasteiger partial charge in [0.1, 0.15) is 12.4 Å². The molecule has 9 heteroatoms. The van der Waals surface area contributed by atoms with Crippen LogP contribution in [0.2, 0.25) is 5.02 Å². The lowest BCUT2D eigenvalue weighted by molar-refractivity contribution is 0.0833. The summed E-state index contributed by atoms with van der Waals surface area (Å²) in [6.45, 7) is 3.27. The van der Waals surface area contributed by atoms with Crippen molar-refractivity contribution in [2.75, 3.05) is 30.3 Å². The summed E-state index contributed by atoms with van der Waals surface area (Å²) in [6.07, 6.45) is 6.70. The quantitative estimate of drug-likeness (QED) is 0.645. The van der Waals surface area contributed by atoms with E-state index in [0.29, 0.717) is 24.5 Å². The Bertz CT molecular complexity index is 1020. The van der Waals surface area contributed by atoms with E-state index in [0.717, 1.165) is 55.2 Å². The van der Waals surface area contributed by atoms with E-state index in [4.69, 9.17) is 22.1 Å². The number of nitrogens with two attached hydrogens (primary N) is 1. The predicted molar refractivity (Wildman–Crippen MR) is 120 cm³/mol. The average molecular weight is 440 g/mol. The molecule has 1 atom stereocenters. The van der Waals surface area contributed by atoms with Gasteiger partial charge in [-0.3, -0.25) is 9.88 Å². The molecule has 31 heavy (non-hydrogen) atoms. The summed E-state index contributed by atoms with van der Waals surface area (Å²) in [5, 5.41) is 7.70. The van der Waals surface area contributed by atoms with Gasteiger partial charge in [-0.05, 0) is 43.0 Å². The molecule has 2 aliphatic rings. The van der Waals surface area contributed by atoms with Crippen LogP contribution in [-0.4, -0.2) is 56.8 Å². The topological polar surface area (TPSA) is 96.2 Å². The first-order valence-electron chi connectivity index (χ1n) is 10.6. The first kappa shape index (κ1) is 20.1. The van der Waals surface area contributed by atoms with Gasteiger partial charge in [-0.2, -0.15) is 4.98 Å². The zero-order valence-electron chi connectivity index (χ0n) is 17.2. The molecule has 3 aromatic rings. The molecule has 8 nitrogen and oxygen atoms in total. The Kier molecular flexibility index (Phi) is 5.65. The minimum Gasteiger partial charge on any atom is -0.491 e. The zero-order chi connectivity index (χ0) is 21.2. The highest BCUT2D eigenvalue weighted by atomic mass is 35.5. The highest BCUT2D eigenvalue weighted by Gasteiger charge is 2.33. The van der Waals surface area contributed by atoms with Gasteiger partial charge < -0.3 is 15.4 Å². The molecule has 2 aliphatic heterocycles. The largest absolute Gasteiger partial charge is 0.491 e. The van der Waals surface area contributed by atoms with E-state index >= 15 is 0 Å². The maximum Gasteiger partial charge on any atom is 0.246 e. The number of ether oxygens (including phenoxy) is 1. The van der Waals surface area contributed by atoms with Crippen LogP contribution in [0.3, 0.4) is 0 Å². The van der Waals surface area contributed by atoms with Crippen molar-refractivity contribution in [2.24, 2.45) is 0 Å². The van der Waals surface area contributed by atoms with Crippen LogP contribution in [0.25, 0.3) is 0 Å². The predicted octanol–water partition coefficient (Wildman–Crippen LogP) is 2.91. The molecule has 162 valence electrons. The second-order valence-corrected chi connectivity index (χ2v) is 8.63. The van der Waals surface area contributed by atoms with Crippen molar-refractivity contribution in [1.82, 2.24) is 25.1 Å². The number of H-pyrrole nitrogens is 1. The SMILES string of the molecule is Nc1nc(N2CCC(N3Cc4cnccc4OC[C@@H]3Cc3ccc(Cl)cc3)CC2)n[nH]1. The normalized spacial score (nSPS) is 20.2. The summed E-state index contributed by atoms with van der Waals surface area (Å²) in [7, 11) is 0. The number of hydrogen-bond donors (Lipinski definition) is 2. The molecule has 0 radical (unpaired) electrons. The Labute approximate surface area is 186 Å². The summed E-state index contributed by atoms with van der Waals surface area (Å²) < 4.78 is 6.22. The maximum atomic E-state index is 6.22. The highest BCUT2D eigenvalue weighted by molar-refractivity contribution is 6.30. The van der Waals surface area contributed by atoms with Crippen LogP contribution in [0, 0.1) is 0 Å². The number of fused-ring (bicyclic) bond motifs is 1. The summed E-state index contributed by atoms with van der Waals surface area (Å²) >= 11 is 6.09. The highest BCUT2D eigenvalue weighted by Crippen LogP contribution is 2.30. The molecule has 1 fully saturated rings. The van der Waals surface area contributed by atoms with Crippen LogP contribution >= 0.6 is 11.6 Å². The number of nitrogens with zero attached hydrogens (tertiary/aromatic N) is 5. The van der Waals surface area contributed by atoms with E-state index in [-0.39, 0.29) is 6.04 Å². The first-order chi connectivity index (χ1) is 15.2. The van der Waals surface area contributed by atoms with Gasteiger partial charge >= 0.3 is 0 Å². The number of hydrogen-bond acceptors (Lipinski definition) is 7. The van der Waals surface area contributed by atoms with Gasteiger partial charge in [0.25, 0.3) is 0 Å². The third-order valence-corrected chi connectivity index (χ3v) is 6.46. The second kappa shape index (κ2) is 8.72. The fourth-order valence-corrected chi connectivity index (χ4v) is 4.71. The van der Waals surface area contributed by atoms with Crippen molar-refractivity contribution >= 4 is 23.5 Å². The van der Waals surface area contributed by atoms with Gasteiger partial charge in [0.15, 0.2) is 0 Å². The molecule has 0 spiro atoms. The Balaban J connectivity index is 1.35. The van der Waals surface area contributed by atoms with E-state index in [1.807, 2.05) is 24.4 Å². The number of piperidine rings is 1. The van der Waals surface area contributed by atoms with Crippen molar-refractivity contribution in [3.05, 3.63) is 58.9 Å². The lowest BCUT2D eigenvalue weighted by Crippen LogP contribution is -2.50. The smallest absolute Gasteiger partial charge is 0.246 e. The van der Waals surface area contributed by atoms with Crippen molar-refractivity contribution in [3.8, 4) is 5.75 Å². The Morgan fingerprint density at radius 1 is 1.16 bits per heavy atom. The van der Waals surface area contributed by atoms with E-state index in [1.54, 1.807) is 6.20 Å². The fraction of sp³-hybridized carbons (Fsp3) is 0.409. The number of aromatic amines is 1. The average Bonchev–Trinajstić information content (AvgIpc) is 3.15. The van der Waals surface area contributed by atoms with Crippen LogP contribution in [0.5, 0.6) is 5.75 Å². The number of halogens is 1. The van der Waals surface area contributed by atoms with Crippen molar-refractivity contribution in [2.45, 2.75) is 37.9 Å². The molecule has 0 bridgehead atoms. The molecule has 1 aromatic carbocycles. The van der Waals surface area contributed by atoms with Crippen molar-refractivity contribution in [1.29, 1.82) is 0 Å². The lowest BCUT2D eigenvalue weighted by atomic mass is 9.97. The number of nitrogens with one attached hydrogen (secondary N) is 1. The van der Waals surface area contributed by atoms with E-state index in [2.05, 4.69) is 42.1 Å². The van der Waals surface area contributed by atoms with Crippen LogP contribution in [0.1, 0.15) is 24.0 Å². The third kappa shape index (κ3) is 4.45. The lowest BCUT2D eigenvalue weighted by Gasteiger charge is -2.41. The zero-order valence-corrected chi connectivity index (χ0v) is 18.0. The van der Waals surface area contributed by atoms with Crippen LogP contribution in [0.15, 0.2) is 42.7 Å². The Morgan fingerprint density at radius 3 is 2.71 bits per heavy atom. The second-order valence-electron chi connectivity index (χ2n) is 8.19. The standard InChI is InChI=1S/C22H26ClN7O/c23-17-3-1-15(2-4-17)11-19-14-31-20-5-8-25-12-16(20)13-30(19)18-6-9-29(10-7-18)22-26-21(24)27-28-22/h1-5,8,12,18-19H,6-7,9-11,13-14H2,(H3,24,26,27,28)/t19-/m0/s1. The van der Waals surface area contributed by atoms with Gasteiger partial charge in [-0.25, -0.2) is 5.10 Å². The first-order valence-corrected chi connectivity index (χ1v) is 11.0. The number of rotatable bonds is 4. The summed E-state index contributed by atoms with van der Waals surface area (Å²) in [5.41, 5.74) is 8.11. The minimum absolute atomic E-state index is 0.268. The van der Waals surface area contributed by atoms with E-state index in [9.17, 15) is 0 Å². The molecule has 3 N–H and O–H groups in total. The van der Waals surface area contributed by atoms with Crippen LogP contribution in [0.4, 0.5) is 11.9 Å². The summed E-state index contributed by atoms with van der Waals surface area (Å²) in [5.74, 6) is 1.98. The molecular weight excluding hydrogens is 414 g/mol.